The van der Waals surface area contributed by atoms with Gasteiger partial charge in [0.05, 0.1) is 0 Å². The molecule has 74 valence electrons. The monoisotopic (exact) mass is 191 g/mol. The van der Waals surface area contributed by atoms with Crippen LogP contribution in [0.25, 0.3) is 0 Å². The molecule has 0 aromatic rings. The molecule has 2 N–H and O–H groups in total. The Morgan fingerprint density at radius 1 is 1.33 bits per heavy atom. The van der Waals surface area contributed by atoms with Crippen LogP contribution in [0.15, 0.2) is 0 Å². The molecule has 0 aliphatic heterocycles. The highest BCUT2D eigenvalue weighted by molar-refractivity contribution is 7.85. The smallest absolute Gasteiger partial charge is 0.0391 e. The molecule has 0 amide bonds. The summed E-state index contributed by atoms with van der Waals surface area (Å²) in [5.41, 5.74) is 5.82. The van der Waals surface area contributed by atoms with E-state index >= 15 is 0 Å². The van der Waals surface area contributed by atoms with E-state index in [0.717, 1.165) is 6.42 Å². The van der Waals surface area contributed by atoms with E-state index in [2.05, 4.69) is 20.8 Å². The van der Waals surface area contributed by atoms with Crippen molar-refractivity contribution in [1.82, 2.24) is 0 Å². The maximum absolute atomic E-state index is 11.5. The Bertz CT molecular complexity index is 147. The van der Waals surface area contributed by atoms with E-state index in [4.69, 9.17) is 5.73 Å². The third-order valence-electron chi connectivity index (χ3n) is 2.24. The van der Waals surface area contributed by atoms with Crippen LogP contribution in [0.2, 0.25) is 0 Å². The van der Waals surface area contributed by atoms with Gasteiger partial charge in [-0.1, -0.05) is 27.7 Å². The molecule has 3 unspecified atom stereocenters. The maximum atomic E-state index is 11.5. The summed E-state index contributed by atoms with van der Waals surface area (Å²) in [6.07, 6.45) is 0.970. The van der Waals surface area contributed by atoms with Crippen molar-refractivity contribution in [3.05, 3.63) is 0 Å². The zero-order chi connectivity index (χ0) is 9.72. The average molecular weight is 191 g/mol. The highest BCUT2D eigenvalue weighted by Crippen LogP contribution is 2.06. The lowest BCUT2D eigenvalue weighted by atomic mass is 10.1. The lowest BCUT2D eigenvalue weighted by Crippen LogP contribution is -2.34. The van der Waals surface area contributed by atoms with Gasteiger partial charge in [0.15, 0.2) is 0 Å². The first-order valence-electron chi connectivity index (χ1n) is 4.61. The molecule has 3 heteroatoms. The number of hydrogen-bond donors (Lipinski definition) is 1. The van der Waals surface area contributed by atoms with E-state index in [-0.39, 0.29) is 11.3 Å². The minimum Gasteiger partial charge on any atom is -0.327 e. The van der Waals surface area contributed by atoms with Gasteiger partial charge in [-0.2, -0.15) is 0 Å². The van der Waals surface area contributed by atoms with Crippen molar-refractivity contribution in [3.63, 3.8) is 0 Å². The average Bonchev–Trinajstić information content (AvgIpc) is 2.02. The molecule has 0 aliphatic carbocycles. The summed E-state index contributed by atoms with van der Waals surface area (Å²) in [7, 11) is -0.740. The van der Waals surface area contributed by atoms with E-state index < -0.39 is 10.8 Å². The van der Waals surface area contributed by atoms with Crippen LogP contribution in [0.5, 0.6) is 0 Å². The van der Waals surface area contributed by atoms with Crippen LogP contribution in [0.4, 0.5) is 0 Å². The van der Waals surface area contributed by atoms with Gasteiger partial charge in [-0.05, 0) is 12.3 Å². The fourth-order valence-corrected chi connectivity index (χ4v) is 2.20. The lowest BCUT2D eigenvalue weighted by molar-refractivity contribution is 0.528. The fraction of sp³-hybridized carbons (Fsp3) is 1.00. The van der Waals surface area contributed by atoms with Crippen molar-refractivity contribution in [1.29, 1.82) is 0 Å². The van der Waals surface area contributed by atoms with Crippen molar-refractivity contribution < 1.29 is 4.21 Å². The van der Waals surface area contributed by atoms with E-state index in [0.29, 0.717) is 11.7 Å². The Balaban J connectivity index is 3.84. The van der Waals surface area contributed by atoms with Crippen molar-refractivity contribution in [2.45, 2.75) is 45.4 Å². The fourth-order valence-electron chi connectivity index (χ4n) is 0.732. The zero-order valence-electron chi connectivity index (χ0n) is 8.54. The van der Waals surface area contributed by atoms with Crippen LogP contribution in [-0.4, -0.2) is 21.3 Å². The topological polar surface area (TPSA) is 43.1 Å². The molecule has 0 aromatic heterocycles. The second-order valence-corrected chi connectivity index (χ2v) is 5.57. The Morgan fingerprint density at radius 2 is 1.83 bits per heavy atom. The van der Waals surface area contributed by atoms with Gasteiger partial charge < -0.3 is 5.73 Å². The van der Waals surface area contributed by atoms with E-state index in [1.54, 1.807) is 0 Å². The predicted octanol–water partition coefficient (Wildman–Crippen LogP) is 1.52. The van der Waals surface area contributed by atoms with Gasteiger partial charge in [-0.3, -0.25) is 4.21 Å². The number of nitrogens with two attached hydrogens (primary N) is 1. The molecule has 0 bridgehead atoms. The normalized spacial score (nSPS) is 19.2. The predicted molar refractivity (Wildman–Crippen MR) is 55.6 cm³/mol. The summed E-state index contributed by atoms with van der Waals surface area (Å²) < 4.78 is 11.5. The minimum absolute atomic E-state index is 0.0832. The zero-order valence-corrected chi connectivity index (χ0v) is 9.36. The van der Waals surface area contributed by atoms with Crippen LogP contribution in [0.1, 0.15) is 34.1 Å². The van der Waals surface area contributed by atoms with Crippen LogP contribution in [0, 0.1) is 5.92 Å². The quantitative estimate of drug-likeness (QED) is 0.716. The summed E-state index contributed by atoms with van der Waals surface area (Å²) in [4.78, 5) is 0. The first kappa shape index (κ1) is 12.1. The minimum atomic E-state index is -0.740. The second-order valence-electron chi connectivity index (χ2n) is 3.67. The van der Waals surface area contributed by atoms with Gasteiger partial charge in [-0.25, -0.2) is 0 Å². The summed E-state index contributed by atoms with van der Waals surface area (Å²) in [6, 6.07) is 0.0832. The molecule has 0 aromatic carbocycles. The van der Waals surface area contributed by atoms with Gasteiger partial charge in [0.1, 0.15) is 0 Å². The van der Waals surface area contributed by atoms with Crippen LogP contribution in [-0.2, 0) is 10.8 Å². The summed E-state index contributed by atoms with van der Waals surface area (Å²) in [5, 5.41) is 0.287. The molecule has 3 atom stereocenters. The third-order valence-corrected chi connectivity index (χ3v) is 4.18. The van der Waals surface area contributed by atoms with E-state index in [9.17, 15) is 4.21 Å². The standard InChI is InChI=1S/C9H21NOS/c1-5-8(4)12(11)6-9(10)7(2)3/h7-9H,5-6,10H2,1-4H3. The van der Waals surface area contributed by atoms with Crippen LogP contribution < -0.4 is 5.73 Å². The van der Waals surface area contributed by atoms with Crippen molar-refractivity contribution in [2.24, 2.45) is 11.7 Å². The highest BCUT2D eigenvalue weighted by atomic mass is 32.2. The molecule has 0 saturated heterocycles. The Kier molecular flexibility index (Phi) is 5.76. The van der Waals surface area contributed by atoms with Crippen molar-refractivity contribution in [2.75, 3.05) is 5.75 Å². The van der Waals surface area contributed by atoms with Gasteiger partial charge in [0, 0.05) is 27.8 Å². The number of hydrogen-bond acceptors (Lipinski definition) is 2. The Hall–Kier alpha value is 0.110. The van der Waals surface area contributed by atoms with Gasteiger partial charge in [0.2, 0.25) is 0 Å². The van der Waals surface area contributed by atoms with Crippen LogP contribution >= 0.6 is 0 Å². The maximum Gasteiger partial charge on any atom is 0.0391 e. The second kappa shape index (κ2) is 5.70. The van der Waals surface area contributed by atoms with Crippen molar-refractivity contribution in [3.8, 4) is 0 Å². The Labute approximate surface area is 78.4 Å². The van der Waals surface area contributed by atoms with Crippen LogP contribution in [0.3, 0.4) is 0 Å². The molecular formula is C9H21NOS. The summed E-state index contributed by atoms with van der Waals surface area (Å²) in [6.45, 7) is 8.21. The largest absolute Gasteiger partial charge is 0.327 e. The highest BCUT2D eigenvalue weighted by Gasteiger charge is 2.15. The molecule has 0 radical (unpaired) electrons. The molecule has 0 rings (SSSR count). The molecular weight excluding hydrogens is 170 g/mol. The molecule has 2 nitrogen and oxygen atoms in total. The lowest BCUT2D eigenvalue weighted by Gasteiger charge is -2.17. The van der Waals surface area contributed by atoms with Gasteiger partial charge in [-0.15, -0.1) is 0 Å². The summed E-state index contributed by atoms with van der Waals surface area (Å²) >= 11 is 0. The van der Waals surface area contributed by atoms with Gasteiger partial charge in [0.25, 0.3) is 0 Å². The van der Waals surface area contributed by atoms with Gasteiger partial charge >= 0.3 is 0 Å². The molecule has 0 heterocycles. The molecule has 0 saturated carbocycles. The SMILES string of the molecule is CCC(C)S(=O)CC(N)C(C)C. The first-order chi connectivity index (χ1) is 5.49. The van der Waals surface area contributed by atoms with E-state index in [1.165, 1.54) is 0 Å². The van der Waals surface area contributed by atoms with E-state index in [1.807, 2.05) is 6.92 Å². The Morgan fingerprint density at radius 3 is 2.17 bits per heavy atom. The summed E-state index contributed by atoms with van der Waals surface area (Å²) in [5.74, 6) is 1.07. The molecule has 0 spiro atoms. The first-order valence-corrected chi connectivity index (χ1v) is 6.00. The van der Waals surface area contributed by atoms with Crippen molar-refractivity contribution >= 4 is 10.8 Å². The number of rotatable bonds is 5. The third kappa shape index (κ3) is 4.21. The molecule has 0 aliphatic rings. The molecule has 12 heavy (non-hydrogen) atoms. The molecule has 0 fully saturated rings.